The molecule has 0 atom stereocenters. The van der Waals surface area contributed by atoms with Crippen LogP contribution in [0.4, 0.5) is 13.2 Å². The Morgan fingerprint density at radius 3 is 2.36 bits per heavy atom. The maximum absolute atomic E-state index is 13.3. The molecule has 0 spiro atoms. The minimum atomic E-state index is -4.42. The Bertz CT molecular complexity index is 1120. The van der Waals surface area contributed by atoms with Crippen molar-refractivity contribution in [1.29, 1.82) is 0 Å². The smallest absolute Gasteiger partial charge is 0.334 e. The van der Waals surface area contributed by atoms with Gasteiger partial charge in [0.2, 0.25) is 5.82 Å². The van der Waals surface area contributed by atoms with Gasteiger partial charge in [-0.1, -0.05) is 53.7 Å². The van der Waals surface area contributed by atoms with Gasteiger partial charge < -0.3 is 4.52 Å². The zero-order valence-electron chi connectivity index (χ0n) is 14.8. The fraction of sp³-hybridized carbons (Fsp3) is 0.0909. The Kier molecular flexibility index (Phi) is 4.47. The summed E-state index contributed by atoms with van der Waals surface area (Å²) in [5.41, 5.74) is 2.11. The van der Waals surface area contributed by atoms with Gasteiger partial charge in [0, 0.05) is 11.1 Å². The van der Waals surface area contributed by atoms with E-state index < -0.39 is 11.7 Å². The molecule has 0 unspecified atom stereocenters. The fourth-order valence-corrected chi connectivity index (χ4v) is 3.06. The molecule has 0 aliphatic rings. The molecular weight excluding hydrogens is 365 g/mol. The summed E-state index contributed by atoms with van der Waals surface area (Å²) in [6.45, 7) is 1.76. The lowest BCUT2D eigenvalue weighted by Gasteiger charge is -2.14. The second-order valence-electron chi connectivity index (χ2n) is 6.28. The highest BCUT2D eigenvalue weighted by molar-refractivity contribution is 5.74. The van der Waals surface area contributed by atoms with Crippen LogP contribution in [0.3, 0.4) is 0 Å². The first-order valence-corrected chi connectivity index (χ1v) is 8.51. The van der Waals surface area contributed by atoms with Crippen molar-refractivity contribution in [3.8, 4) is 34.0 Å². The van der Waals surface area contributed by atoms with Crippen LogP contribution >= 0.6 is 0 Å². The van der Waals surface area contributed by atoms with Gasteiger partial charge in [0.15, 0.2) is 0 Å². The summed E-state index contributed by atoms with van der Waals surface area (Å²) in [6, 6.07) is 20.7. The number of rotatable bonds is 3. The topological polar surface area (TPSA) is 38.9 Å². The number of hydrogen-bond acceptors (Lipinski definition) is 3. The number of benzene rings is 3. The summed E-state index contributed by atoms with van der Waals surface area (Å²) in [6.07, 6.45) is -4.42. The van der Waals surface area contributed by atoms with Crippen LogP contribution in [-0.2, 0) is 6.18 Å². The van der Waals surface area contributed by atoms with Crippen LogP contribution in [0.15, 0.2) is 71.3 Å². The molecule has 0 bridgehead atoms. The van der Waals surface area contributed by atoms with Crippen LogP contribution < -0.4 is 0 Å². The number of aromatic nitrogens is 2. The zero-order valence-corrected chi connectivity index (χ0v) is 14.8. The van der Waals surface area contributed by atoms with Gasteiger partial charge in [0.05, 0.1) is 5.56 Å². The second kappa shape index (κ2) is 6.96. The average molecular weight is 379 g/mol. The first-order valence-electron chi connectivity index (χ1n) is 8.51. The van der Waals surface area contributed by atoms with Crippen LogP contribution in [0.1, 0.15) is 11.1 Å². The lowest BCUT2D eigenvalue weighted by Crippen LogP contribution is -2.07. The molecule has 139 valence electrons. The van der Waals surface area contributed by atoms with E-state index in [1.807, 2.05) is 12.1 Å². The Balaban J connectivity index is 1.72. The quantitative estimate of drug-likeness (QED) is 0.425. The highest BCUT2D eigenvalue weighted by atomic mass is 19.4. The molecule has 0 saturated heterocycles. The second-order valence-corrected chi connectivity index (χ2v) is 6.28. The van der Waals surface area contributed by atoms with E-state index in [9.17, 15) is 13.2 Å². The maximum Gasteiger partial charge on any atom is 0.417 e. The Morgan fingerprint density at radius 1 is 0.893 bits per heavy atom. The minimum Gasteiger partial charge on any atom is -0.334 e. The van der Waals surface area contributed by atoms with Crippen molar-refractivity contribution in [3.05, 3.63) is 83.9 Å². The lowest BCUT2D eigenvalue weighted by molar-refractivity contribution is -0.137. The van der Waals surface area contributed by atoms with E-state index in [-0.39, 0.29) is 5.56 Å². The number of nitrogens with zero attached hydrogens (tertiary/aromatic N) is 2. The van der Waals surface area contributed by atoms with Crippen molar-refractivity contribution in [1.82, 2.24) is 10.1 Å². The van der Waals surface area contributed by atoms with E-state index >= 15 is 0 Å². The number of aryl methyl sites for hydroxylation is 1. The molecular formula is C22H14F3N2O. The average Bonchev–Trinajstić information content (AvgIpc) is 3.18. The van der Waals surface area contributed by atoms with Gasteiger partial charge in [-0.2, -0.15) is 18.2 Å². The van der Waals surface area contributed by atoms with E-state index in [0.717, 1.165) is 11.6 Å². The third-order valence-corrected chi connectivity index (χ3v) is 4.40. The fourth-order valence-electron chi connectivity index (χ4n) is 3.06. The van der Waals surface area contributed by atoms with Gasteiger partial charge in [-0.05, 0) is 47.9 Å². The van der Waals surface area contributed by atoms with Crippen molar-refractivity contribution in [2.24, 2.45) is 0 Å². The van der Waals surface area contributed by atoms with Gasteiger partial charge in [-0.25, -0.2) is 0 Å². The molecule has 0 amide bonds. The molecule has 28 heavy (non-hydrogen) atoms. The Labute approximate surface area is 159 Å². The van der Waals surface area contributed by atoms with Gasteiger partial charge >= 0.3 is 6.18 Å². The molecule has 4 aromatic rings. The van der Waals surface area contributed by atoms with Crippen LogP contribution in [0, 0.1) is 13.0 Å². The van der Waals surface area contributed by atoms with Crippen molar-refractivity contribution >= 4 is 0 Å². The molecule has 0 fully saturated rings. The molecule has 6 heteroatoms. The van der Waals surface area contributed by atoms with Crippen molar-refractivity contribution in [2.45, 2.75) is 13.1 Å². The monoisotopic (exact) mass is 379 g/mol. The third kappa shape index (κ3) is 3.41. The summed E-state index contributed by atoms with van der Waals surface area (Å²) in [7, 11) is 0. The van der Waals surface area contributed by atoms with Crippen LogP contribution in [-0.4, -0.2) is 10.1 Å². The maximum atomic E-state index is 13.3. The molecule has 1 heterocycles. The lowest BCUT2D eigenvalue weighted by atomic mass is 9.94. The first-order chi connectivity index (χ1) is 13.4. The van der Waals surface area contributed by atoms with E-state index in [1.165, 1.54) is 12.1 Å². The predicted octanol–water partition coefficient (Wildman–Crippen LogP) is 6.20. The van der Waals surface area contributed by atoms with Crippen molar-refractivity contribution in [3.63, 3.8) is 0 Å². The van der Waals surface area contributed by atoms with Crippen LogP contribution in [0.2, 0.25) is 0 Å². The first kappa shape index (κ1) is 18.0. The Hall–Kier alpha value is -3.41. The van der Waals surface area contributed by atoms with E-state index in [2.05, 4.69) is 16.2 Å². The summed E-state index contributed by atoms with van der Waals surface area (Å²) >= 11 is 0. The molecule has 0 aliphatic heterocycles. The van der Waals surface area contributed by atoms with Crippen molar-refractivity contribution < 1.29 is 17.7 Å². The van der Waals surface area contributed by atoms with Gasteiger partial charge in [-0.3, -0.25) is 0 Å². The largest absolute Gasteiger partial charge is 0.417 e. The SMILES string of the molecule is Cc1cc(-c2nc(-c3cc[c]cc3)no2)ccc1-c1ccccc1C(F)(F)F. The van der Waals surface area contributed by atoms with E-state index in [0.29, 0.717) is 28.4 Å². The predicted molar refractivity (Wildman–Crippen MR) is 99.2 cm³/mol. The number of hydrogen-bond donors (Lipinski definition) is 0. The third-order valence-electron chi connectivity index (χ3n) is 4.40. The molecule has 1 aromatic heterocycles. The van der Waals surface area contributed by atoms with Gasteiger partial charge in [0.25, 0.3) is 5.89 Å². The van der Waals surface area contributed by atoms with Gasteiger partial charge in [-0.15, -0.1) is 0 Å². The normalized spacial score (nSPS) is 11.6. The van der Waals surface area contributed by atoms with Crippen LogP contribution in [0.5, 0.6) is 0 Å². The minimum absolute atomic E-state index is 0.144. The highest BCUT2D eigenvalue weighted by Gasteiger charge is 2.33. The Morgan fingerprint density at radius 2 is 1.64 bits per heavy atom. The summed E-state index contributed by atoms with van der Waals surface area (Å²) in [4.78, 5) is 4.38. The molecule has 1 radical (unpaired) electrons. The van der Waals surface area contributed by atoms with Crippen LogP contribution in [0.25, 0.3) is 34.0 Å². The molecule has 3 nitrogen and oxygen atoms in total. The van der Waals surface area contributed by atoms with Crippen molar-refractivity contribution in [2.75, 3.05) is 0 Å². The molecule has 0 aliphatic carbocycles. The molecule has 4 rings (SSSR count). The molecule has 0 N–H and O–H groups in total. The van der Waals surface area contributed by atoms with E-state index in [4.69, 9.17) is 4.52 Å². The highest BCUT2D eigenvalue weighted by Crippen LogP contribution is 2.38. The zero-order chi connectivity index (χ0) is 19.7. The number of alkyl halides is 3. The van der Waals surface area contributed by atoms with E-state index in [1.54, 1.807) is 43.3 Å². The number of halogens is 3. The molecule has 3 aromatic carbocycles. The van der Waals surface area contributed by atoms with Gasteiger partial charge in [0.1, 0.15) is 0 Å². The summed E-state index contributed by atoms with van der Waals surface area (Å²) in [5.74, 6) is 0.745. The summed E-state index contributed by atoms with van der Waals surface area (Å²) < 4.78 is 45.3. The summed E-state index contributed by atoms with van der Waals surface area (Å²) in [5, 5.41) is 3.97. The standard InChI is InChI=1S/C22H14F3N2O/c1-14-13-16(21-26-20(27-28-21)15-7-3-2-4-8-15)11-12-17(14)18-9-5-6-10-19(18)22(23,24)25/h3-13H,1H3. The molecule has 0 saturated carbocycles.